The highest BCUT2D eigenvalue weighted by molar-refractivity contribution is 5.89. The summed E-state index contributed by atoms with van der Waals surface area (Å²) in [5.41, 5.74) is 0.453. The van der Waals surface area contributed by atoms with E-state index in [1.807, 2.05) is 6.07 Å². The van der Waals surface area contributed by atoms with Gasteiger partial charge in [0, 0.05) is 26.2 Å². The average molecular weight is 398 g/mol. The molecular formula is C19H22N6O4. The summed E-state index contributed by atoms with van der Waals surface area (Å²) in [6, 6.07) is 7.15. The van der Waals surface area contributed by atoms with Crippen molar-refractivity contribution >= 4 is 16.8 Å². The SMILES string of the molecule is Cc1nc2ccccc2c(=O)n1Cc1noc(C(=O)NCCN2CCOCC2)n1. The minimum absolute atomic E-state index is 0.0764. The number of morpholine rings is 1. The molecule has 1 aliphatic heterocycles. The van der Waals surface area contributed by atoms with Crippen LogP contribution in [0.25, 0.3) is 10.9 Å². The van der Waals surface area contributed by atoms with E-state index < -0.39 is 5.91 Å². The zero-order valence-corrected chi connectivity index (χ0v) is 16.1. The van der Waals surface area contributed by atoms with Crippen molar-refractivity contribution in [1.29, 1.82) is 0 Å². The number of nitrogens with one attached hydrogen (secondary N) is 1. The van der Waals surface area contributed by atoms with Gasteiger partial charge < -0.3 is 14.6 Å². The van der Waals surface area contributed by atoms with Crippen LogP contribution in [0.5, 0.6) is 0 Å². The predicted molar refractivity (Wildman–Crippen MR) is 104 cm³/mol. The van der Waals surface area contributed by atoms with E-state index in [0.717, 1.165) is 19.6 Å². The number of benzene rings is 1. The van der Waals surface area contributed by atoms with E-state index in [1.54, 1.807) is 25.1 Å². The monoisotopic (exact) mass is 398 g/mol. The summed E-state index contributed by atoms with van der Waals surface area (Å²) >= 11 is 0. The maximum absolute atomic E-state index is 12.7. The second-order valence-electron chi connectivity index (χ2n) is 6.79. The first-order valence-electron chi connectivity index (χ1n) is 9.49. The summed E-state index contributed by atoms with van der Waals surface area (Å²) in [5.74, 6) is 0.222. The van der Waals surface area contributed by atoms with Gasteiger partial charge in [0.2, 0.25) is 0 Å². The molecular weight excluding hydrogens is 376 g/mol. The van der Waals surface area contributed by atoms with Crippen molar-refractivity contribution in [3.05, 3.63) is 52.2 Å². The number of para-hydroxylation sites is 1. The topological polar surface area (TPSA) is 115 Å². The van der Waals surface area contributed by atoms with E-state index in [0.29, 0.717) is 36.5 Å². The van der Waals surface area contributed by atoms with Crippen molar-refractivity contribution in [2.75, 3.05) is 39.4 Å². The van der Waals surface area contributed by atoms with E-state index in [4.69, 9.17) is 9.26 Å². The molecule has 3 aromatic rings. The van der Waals surface area contributed by atoms with E-state index in [-0.39, 0.29) is 23.8 Å². The number of aromatic nitrogens is 4. The Labute approximate surface area is 166 Å². The largest absolute Gasteiger partial charge is 0.379 e. The van der Waals surface area contributed by atoms with Crippen molar-refractivity contribution in [2.45, 2.75) is 13.5 Å². The van der Waals surface area contributed by atoms with Crippen molar-refractivity contribution in [1.82, 2.24) is 29.9 Å². The fourth-order valence-corrected chi connectivity index (χ4v) is 3.24. The second-order valence-corrected chi connectivity index (χ2v) is 6.79. The van der Waals surface area contributed by atoms with Crippen LogP contribution in [0.4, 0.5) is 0 Å². The molecule has 0 bridgehead atoms. The van der Waals surface area contributed by atoms with Crippen LogP contribution in [0.3, 0.4) is 0 Å². The maximum atomic E-state index is 12.7. The van der Waals surface area contributed by atoms with Crippen molar-refractivity contribution < 1.29 is 14.1 Å². The van der Waals surface area contributed by atoms with Crippen LogP contribution in [0.2, 0.25) is 0 Å². The molecule has 1 saturated heterocycles. The number of ether oxygens (including phenoxy) is 1. The molecule has 0 aliphatic carbocycles. The molecule has 1 fully saturated rings. The number of hydrogen-bond acceptors (Lipinski definition) is 8. The molecule has 29 heavy (non-hydrogen) atoms. The van der Waals surface area contributed by atoms with Gasteiger partial charge in [-0.2, -0.15) is 4.98 Å². The lowest BCUT2D eigenvalue weighted by molar-refractivity contribution is 0.0382. The molecule has 0 spiro atoms. The maximum Gasteiger partial charge on any atom is 0.316 e. The first-order chi connectivity index (χ1) is 14.1. The number of carbonyl (C=O) groups is 1. The quantitative estimate of drug-likeness (QED) is 0.626. The second kappa shape index (κ2) is 8.50. The van der Waals surface area contributed by atoms with Crippen LogP contribution in [-0.2, 0) is 11.3 Å². The Hall–Kier alpha value is -3.11. The first kappa shape index (κ1) is 19.2. The Morgan fingerprint density at radius 2 is 2.00 bits per heavy atom. The number of aryl methyl sites for hydroxylation is 1. The molecule has 10 heteroatoms. The van der Waals surface area contributed by atoms with Crippen LogP contribution in [0.15, 0.2) is 33.6 Å². The number of rotatable bonds is 6. The average Bonchev–Trinajstić information content (AvgIpc) is 3.21. The Balaban J connectivity index is 1.41. The number of carbonyl (C=O) groups excluding carboxylic acids is 1. The van der Waals surface area contributed by atoms with Gasteiger partial charge in [0.15, 0.2) is 5.82 Å². The summed E-state index contributed by atoms with van der Waals surface area (Å²) in [6.45, 7) is 6.16. The smallest absolute Gasteiger partial charge is 0.316 e. The van der Waals surface area contributed by atoms with Crippen LogP contribution < -0.4 is 10.9 Å². The third kappa shape index (κ3) is 4.33. The highest BCUT2D eigenvalue weighted by Crippen LogP contribution is 2.08. The van der Waals surface area contributed by atoms with Crippen molar-refractivity contribution in [3.63, 3.8) is 0 Å². The lowest BCUT2D eigenvalue weighted by Gasteiger charge is -2.26. The summed E-state index contributed by atoms with van der Waals surface area (Å²) in [4.78, 5) is 35.7. The number of hydrogen-bond donors (Lipinski definition) is 1. The van der Waals surface area contributed by atoms with E-state index in [2.05, 4.69) is 25.3 Å². The molecule has 0 radical (unpaired) electrons. The molecule has 10 nitrogen and oxygen atoms in total. The van der Waals surface area contributed by atoms with Crippen LogP contribution >= 0.6 is 0 Å². The van der Waals surface area contributed by atoms with Gasteiger partial charge in [-0.05, 0) is 19.1 Å². The molecule has 0 atom stereocenters. The molecule has 3 heterocycles. The minimum Gasteiger partial charge on any atom is -0.379 e. The highest BCUT2D eigenvalue weighted by Gasteiger charge is 2.17. The normalized spacial score (nSPS) is 14.9. The van der Waals surface area contributed by atoms with Gasteiger partial charge >= 0.3 is 11.8 Å². The third-order valence-electron chi connectivity index (χ3n) is 4.83. The highest BCUT2D eigenvalue weighted by atomic mass is 16.5. The van der Waals surface area contributed by atoms with Crippen molar-refractivity contribution in [2.24, 2.45) is 0 Å². The fraction of sp³-hybridized carbons (Fsp3) is 0.421. The van der Waals surface area contributed by atoms with Gasteiger partial charge in [-0.3, -0.25) is 19.1 Å². The van der Waals surface area contributed by atoms with Gasteiger partial charge in [0.25, 0.3) is 5.56 Å². The number of fused-ring (bicyclic) bond motifs is 1. The molecule has 0 unspecified atom stereocenters. The zero-order chi connectivity index (χ0) is 20.2. The van der Waals surface area contributed by atoms with Gasteiger partial charge in [0.05, 0.1) is 30.7 Å². The fourth-order valence-electron chi connectivity index (χ4n) is 3.24. The number of amides is 1. The first-order valence-corrected chi connectivity index (χ1v) is 9.49. The molecule has 2 aromatic heterocycles. The lowest BCUT2D eigenvalue weighted by Crippen LogP contribution is -2.41. The van der Waals surface area contributed by atoms with Crippen LogP contribution in [0.1, 0.15) is 22.3 Å². The van der Waals surface area contributed by atoms with Crippen LogP contribution in [-0.4, -0.2) is 69.9 Å². The van der Waals surface area contributed by atoms with Gasteiger partial charge in [0.1, 0.15) is 5.82 Å². The van der Waals surface area contributed by atoms with Crippen molar-refractivity contribution in [3.8, 4) is 0 Å². The van der Waals surface area contributed by atoms with E-state index in [9.17, 15) is 9.59 Å². The third-order valence-corrected chi connectivity index (χ3v) is 4.83. The minimum atomic E-state index is -0.433. The van der Waals surface area contributed by atoms with Gasteiger partial charge in [-0.25, -0.2) is 4.98 Å². The Morgan fingerprint density at radius 3 is 2.83 bits per heavy atom. The van der Waals surface area contributed by atoms with Crippen LogP contribution in [0, 0.1) is 6.92 Å². The summed E-state index contributed by atoms with van der Waals surface area (Å²) in [5, 5.41) is 7.12. The summed E-state index contributed by atoms with van der Waals surface area (Å²) in [7, 11) is 0. The molecule has 1 amide bonds. The Kier molecular flexibility index (Phi) is 5.63. The molecule has 1 aromatic carbocycles. The lowest BCUT2D eigenvalue weighted by atomic mass is 10.2. The van der Waals surface area contributed by atoms with Gasteiger partial charge in [-0.1, -0.05) is 17.3 Å². The molecule has 1 N–H and O–H groups in total. The Morgan fingerprint density at radius 1 is 1.21 bits per heavy atom. The van der Waals surface area contributed by atoms with Gasteiger partial charge in [-0.15, -0.1) is 0 Å². The molecule has 152 valence electrons. The molecule has 1 aliphatic rings. The standard InChI is InChI=1S/C19H22N6O4/c1-13-21-15-5-3-2-4-14(15)19(27)25(13)12-16-22-18(29-23-16)17(26)20-6-7-24-8-10-28-11-9-24/h2-5H,6-12H2,1H3,(H,20,26). The summed E-state index contributed by atoms with van der Waals surface area (Å²) in [6.07, 6.45) is 0. The van der Waals surface area contributed by atoms with E-state index in [1.165, 1.54) is 4.57 Å². The zero-order valence-electron chi connectivity index (χ0n) is 16.1. The predicted octanol–water partition coefficient (Wildman–Crippen LogP) is 0.198. The number of nitrogens with zero attached hydrogens (tertiary/aromatic N) is 5. The molecule has 0 saturated carbocycles. The van der Waals surface area contributed by atoms with E-state index >= 15 is 0 Å². The molecule has 4 rings (SSSR count). The summed E-state index contributed by atoms with van der Waals surface area (Å²) < 4.78 is 11.8. The Bertz CT molecular complexity index is 1070.